The largest absolute Gasteiger partial charge is 0.484 e. The number of amides is 1. The van der Waals surface area contributed by atoms with Gasteiger partial charge in [0.05, 0.1) is 22.9 Å². The number of aromatic nitrogens is 2. The lowest BCUT2D eigenvalue weighted by molar-refractivity contribution is -0.118. The zero-order valence-corrected chi connectivity index (χ0v) is 18.6. The Morgan fingerprint density at radius 2 is 1.77 bits per heavy atom. The predicted molar refractivity (Wildman–Crippen MR) is 119 cm³/mol. The molecule has 8 heteroatoms. The van der Waals surface area contributed by atoms with Crippen LogP contribution in [0, 0.1) is 6.92 Å². The van der Waals surface area contributed by atoms with Crippen LogP contribution in [0.1, 0.15) is 42.1 Å². The van der Waals surface area contributed by atoms with Gasteiger partial charge in [-0.1, -0.05) is 43.7 Å². The van der Waals surface area contributed by atoms with Crippen LogP contribution in [-0.2, 0) is 26.1 Å². The van der Waals surface area contributed by atoms with E-state index in [-0.39, 0.29) is 24.0 Å². The van der Waals surface area contributed by atoms with Crippen LogP contribution in [0.5, 0.6) is 5.75 Å². The third-order valence-corrected chi connectivity index (χ3v) is 6.68. The molecule has 1 aromatic heterocycles. The van der Waals surface area contributed by atoms with E-state index in [0.717, 1.165) is 11.3 Å². The molecule has 4 rings (SSSR count). The summed E-state index contributed by atoms with van der Waals surface area (Å²) < 4.78 is 31.4. The number of nitrogens with zero attached hydrogens (tertiary/aromatic N) is 2. The van der Waals surface area contributed by atoms with Gasteiger partial charge in [-0.15, -0.1) is 0 Å². The SMILES string of the molecule is Cc1ccc(-n2nc3c(c2NC(=O)COc2ccc(C(C)C)cc2)CS(=O)(=O)C3)cc1. The van der Waals surface area contributed by atoms with Gasteiger partial charge in [-0.25, -0.2) is 13.1 Å². The lowest BCUT2D eigenvalue weighted by Crippen LogP contribution is -2.22. The van der Waals surface area contributed by atoms with Gasteiger partial charge in [0.25, 0.3) is 5.91 Å². The van der Waals surface area contributed by atoms with Gasteiger partial charge >= 0.3 is 0 Å². The molecule has 162 valence electrons. The summed E-state index contributed by atoms with van der Waals surface area (Å²) >= 11 is 0. The molecule has 3 aromatic rings. The number of nitrogens with one attached hydrogen (secondary N) is 1. The van der Waals surface area contributed by atoms with Crippen LogP contribution in [-0.4, -0.2) is 30.7 Å². The maximum atomic E-state index is 12.6. The lowest BCUT2D eigenvalue weighted by Gasteiger charge is -2.12. The van der Waals surface area contributed by atoms with Gasteiger partial charge in [0, 0.05) is 5.56 Å². The van der Waals surface area contributed by atoms with Gasteiger partial charge in [0.2, 0.25) is 0 Å². The Morgan fingerprint density at radius 3 is 2.42 bits per heavy atom. The normalized spacial score (nSPS) is 14.5. The molecule has 0 saturated heterocycles. The molecule has 31 heavy (non-hydrogen) atoms. The Hall–Kier alpha value is -3.13. The Morgan fingerprint density at radius 1 is 1.10 bits per heavy atom. The molecular weight excluding hydrogens is 414 g/mol. The number of carbonyl (C=O) groups excluding carboxylic acids is 1. The van der Waals surface area contributed by atoms with E-state index in [0.29, 0.717) is 28.7 Å². The highest BCUT2D eigenvalue weighted by Gasteiger charge is 2.33. The van der Waals surface area contributed by atoms with Crippen LogP contribution < -0.4 is 10.1 Å². The molecule has 0 atom stereocenters. The van der Waals surface area contributed by atoms with Crippen molar-refractivity contribution >= 4 is 21.6 Å². The number of hydrogen-bond acceptors (Lipinski definition) is 5. The van der Waals surface area contributed by atoms with Crippen LogP contribution in [0.4, 0.5) is 5.82 Å². The Balaban J connectivity index is 1.54. The average Bonchev–Trinajstić information content (AvgIpc) is 3.19. The molecule has 2 aromatic carbocycles. The monoisotopic (exact) mass is 439 g/mol. The lowest BCUT2D eigenvalue weighted by atomic mass is 10.0. The topological polar surface area (TPSA) is 90.3 Å². The minimum Gasteiger partial charge on any atom is -0.484 e. The van der Waals surface area contributed by atoms with Crippen LogP contribution in [0.2, 0.25) is 0 Å². The van der Waals surface area contributed by atoms with Gasteiger partial charge in [0.15, 0.2) is 16.4 Å². The van der Waals surface area contributed by atoms with Crippen molar-refractivity contribution < 1.29 is 17.9 Å². The molecule has 1 amide bonds. The van der Waals surface area contributed by atoms with Gasteiger partial charge in [-0.05, 0) is 42.7 Å². The number of ether oxygens (including phenoxy) is 1. The molecule has 1 aliphatic rings. The van der Waals surface area contributed by atoms with Crippen molar-refractivity contribution in [3.8, 4) is 11.4 Å². The molecule has 1 aliphatic heterocycles. The molecule has 0 spiro atoms. The smallest absolute Gasteiger partial charge is 0.263 e. The number of aryl methyl sites for hydroxylation is 1. The van der Waals surface area contributed by atoms with E-state index in [2.05, 4.69) is 24.3 Å². The molecule has 0 fully saturated rings. The van der Waals surface area contributed by atoms with E-state index >= 15 is 0 Å². The van der Waals surface area contributed by atoms with Crippen molar-refractivity contribution in [3.63, 3.8) is 0 Å². The Bertz CT molecular complexity index is 1210. The summed E-state index contributed by atoms with van der Waals surface area (Å²) in [6.45, 7) is 6.01. The van der Waals surface area contributed by atoms with Crippen molar-refractivity contribution in [1.29, 1.82) is 0 Å². The standard InChI is InChI=1S/C23H25N3O4S/c1-15(2)17-6-10-19(11-7-17)30-12-22(27)24-23-20-13-31(28,29)14-21(20)25-26(23)18-8-4-16(3)5-9-18/h4-11,15H,12-14H2,1-3H3,(H,24,27). The number of hydrogen-bond donors (Lipinski definition) is 1. The zero-order valence-electron chi connectivity index (χ0n) is 17.8. The average molecular weight is 440 g/mol. The molecule has 0 aliphatic carbocycles. The van der Waals surface area contributed by atoms with Gasteiger partial charge in [-0.2, -0.15) is 5.10 Å². The summed E-state index contributed by atoms with van der Waals surface area (Å²) in [5.41, 5.74) is 4.04. The molecular formula is C23H25N3O4S. The number of benzene rings is 2. The van der Waals surface area contributed by atoms with Crippen molar-refractivity contribution in [2.75, 3.05) is 11.9 Å². The first kappa shape index (κ1) is 21.1. The first-order chi connectivity index (χ1) is 14.7. The Labute approximate surface area is 182 Å². The van der Waals surface area contributed by atoms with Crippen LogP contribution in [0.3, 0.4) is 0 Å². The van der Waals surface area contributed by atoms with E-state index in [1.54, 1.807) is 4.68 Å². The van der Waals surface area contributed by atoms with Crippen LogP contribution in [0.25, 0.3) is 5.69 Å². The highest BCUT2D eigenvalue weighted by molar-refractivity contribution is 7.90. The van der Waals surface area contributed by atoms with E-state index in [1.165, 1.54) is 5.56 Å². The number of anilines is 1. The first-order valence-electron chi connectivity index (χ1n) is 10.1. The van der Waals surface area contributed by atoms with Crippen LogP contribution >= 0.6 is 0 Å². The molecule has 0 unspecified atom stereocenters. The molecule has 7 nitrogen and oxygen atoms in total. The minimum atomic E-state index is -3.25. The number of sulfone groups is 1. The predicted octanol–water partition coefficient (Wildman–Crippen LogP) is 3.75. The second-order valence-electron chi connectivity index (χ2n) is 8.11. The quantitative estimate of drug-likeness (QED) is 0.632. The van der Waals surface area contributed by atoms with Crippen molar-refractivity contribution in [2.45, 2.75) is 38.2 Å². The second kappa shape index (κ2) is 8.19. The summed E-state index contributed by atoms with van der Waals surface area (Å²) in [5.74, 6) is 0.749. The van der Waals surface area contributed by atoms with Crippen LogP contribution in [0.15, 0.2) is 48.5 Å². The maximum absolute atomic E-state index is 12.6. The van der Waals surface area contributed by atoms with E-state index < -0.39 is 9.84 Å². The number of carbonyl (C=O) groups is 1. The maximum Gasteiger partial charge on any atom is 0.263 e. The molecule has 0 radical (unpaired) electrons. The molecule has 0 bridgehead atoms. The number of rotatable bonds is 6. The minimum absolute atomic E-state index is 0.122. The Kier molecular flexibility index (Phi) is 5.58. The summed E-state index contributed by atoms with van der Waals surface area (Å²) in [6, 6.07) is 15.3. The fourth-order valence-corrected chi connectivity index (χ4v) is 5.00. The van der Waals surface area contributed by atoms with E-state index in [9.17, 15) is 13.2 Å². The third kappa shape index (κ3) is 4.64. The summed E-state index contributed by atoms with van der Waals surface area (Å²) in [7, 11) is -3.25. The molecule has 1 N–H and O–H groups in total. The zero-order chi connectivity index (χ0) is 22.2. The van der Waals surface area contributed by atoms with Gasteiger partial charge in [-0.3, -0.25) is 4.79 Å². The molecule has 2 heterocycles. The highest BCUT2D eigenvalue weighted by Crippen LogP contribution is 2.33. The molecule has 0 saturated carbocycles. The summed E-state index contributed by atoms with van der Waals surface area (Å²) in [6.07, 6.45) is 0. The second-order valence-corrected chi connectivity index (χ2v) is 10.2. The third-order valence-electron chi connectivity index (χ3n) is 5.24. The van der Waals surface area contributed by atoms with Crippen molar-refractivity contribution in [1.82, 2.24) is 9.78 Å². The fraction of sp³-hybridized carbons (Fsp3) is 0.304. The van der Waals surface area contributed by atoms with E-state index in [1.807, 2.05) is 55.5 Å². The van der Waals surface area contributed by atoms with E-state index in [4.69, 9.17) is 4.74 Å². The van der Waals surface area contributed by atoms with Gasteiger partial charge in [0.1, 0.15) is 11.6 Å². The summed E-state index contributed by atoms with van der Waals surface area (Å²) in [5, 5.41) is 7.28. The van der Waals surface area contributed by atoms with Crippen molar-refractivity contribution in [3.05, 3.63) is 70.9 Å². The fourth-order valence-electron chi connectivity index (χ4n) is 3.51. The van der Waals surface area contributed by atoms with Crippen molar-refractivity contribution in [2.24, 2.45) is 0 Å². The first-order valence-corrected chi connectivity index (χ1v) is 11.9. The number of fused-ring (bicyclic) bond motifs is 1. The summed E-state index contributed by atoms with van der Waals surface area (Å²) in [4.78, 5) is 12.6. The van der Waals surface area contributed by atoms with Gasteiger partial charge < -0.3 is 10.1 Å². The highest BCUT2D eigenvalue weighted by atomic mass is 32.2.